The monoisotopic (exact) mass is 351 g/mol. The topological polar surface area (TPSA) is 67.2 Å². The van der Waals surface area contributed by atoms with Gasteiger partial charge in [0.2, 0.25) is 11.8 Å². The third-order valence-corrected chi connectivity index (χ3v) is 3.36. The average molecular weight is 352 g/mol. The lowest BCUT2D eigenvalue weighted by Crippen LogP contribution is -2.32. The Hall–Kier alpha value is -1.08. The zero-order valence-corrected chi connectivity index (χ0v) is 14.1. The van der Waals surface area contributed by atoms with Gasteiger partial charge in [-0.2, -0.15) is 0 Å². The molecule has 0 atom stereocenters. The maximum absolute atomic E-state index is 11.7. The molecule has 5 nitrogen and oxygen atoms in total. The summed E-state index contributed by atoms with van der Waals surface area (Å²) in [5, 5.41) is 7.94. The molecular weight excluding hydrogens is 333 g/mol. The summed E-state index contributed by atoms with van der Waals surface area (Å²) in [5.74, 6) is 0.536. The molecule has 118 valence electrons. The SMILES string of the molecule is CCNCCNC(=O)Cc1coc(-c2cccs2)n1.Cl.Cl. The number of likely N-dealkylation sites (N-methyl/N-ethyl adjacent to an activating group) is 1. The van der Waals surface area contributed by atoms with Crippen molar-refractivity contribution < 1.29 is 9.21 Å². The zero-order chi connectivity index (χ0) is 13.5. The number of nitrogens with zero attached hydrogens (tertiary/aromatic N) is 1. The molecule has 1 amide bonds. The molecule has 0 aliphatic rings. The summed E-state index contributed by atoms with van der Waals surface area (Å²) in [6.07, 6.45) is 1.79. The minimum atomic E-state index is -0.0380. The third kappa shape index (κ3) is 6.48. The summed E-state index contributed by atoms with van der Waals surface area (Å²) in [6.45, 7) is 4.34. The second-order valence-electron chi connectivity index (χ2n) is 4.00. The van der Waals surface area contributed by atoms with E-state index < -0.39 is 0 Å². The number of hydrogen-bond acceptors (Lipinski definition) is 5. The molecule has 0 aliphatic heterocycles. The molecule has 0 spiro atoms. The number of nitrogens with one attached hydrogen (secondary N) is 2. The van der Waals surface area contributed by atoms with Crippen LogP contribution in [0.1, 0.15) is 12.6 Å². The van der Waals surface area contributed by atoms with Crippen LogP contribution in [0.2, 0.25) is 0 Å². The van der Waals surface area contributed by atoms with Crippen LogP contribution in [0.5, 0.6) is 0 Å². The van der Waals surface area contributed by atoms with E-state index in [2.05, 4.69) is 15.6 Å². The minimum absolute atomic E-state index is 0. The standard InChI is InChI=1S/C13H17N3O2S.2ClH/c1-2-14-5-6-15-12(17)8-10-9-18-13(16-10)11-4-3-7-19-11;;/h3-4,7,9,14H,2,5-6,8H2,1H3,(H,15,17);2*1H. The van der Waals surface area contributed by atoms with Gasteiger partial charge in [0.05, 0.1) is 17.0 Å². The fourth-order valence-corrected chi connectivity index (χ4v) is 2.25. The predicted octanol–water partition coefficient (Wildman–Crippen LogP) is 2.51. The lowest BCUT2D eigenvalue weighted by atomic mass is 10.3. The van der Waals surface area contributed by atoms with Gasteiger partial charge in [0.1, 0.15) is 6.26 Å². The molecule has 0 fully saturated rings. The Balaban J connectivity index is 0.00000200. The number of carbonyl (C=O) groups is 1. The normalized spacial score (nSPS) is 9.57. The van der Waals surface area contributed by atoms with Crippen LogP contribution in [-0.2, 0) is 11.2 Å². The van der Waals surface area contributed by atoms with Crippen LogP contribution in [-0.4, -0.2) is 30.5 Å². The maximum Gasteiger partial charge on any atom is 0.236 e. The van der Waals surface area contributed by atoms with Crippen molar-refractivity contribution in [3.05, 3.63) is 29.5 Å². The highest BCUT2D eigenvalue weighted by Crippen LogP contribution is 2.23. The number of oxazole rings is 1. The van der Waals surface area contributed by atoms with Crippen LogP contribution in [0.25, 0.3) is 10.8 Å². The van der Waals surface area contributed by atoms with Crippen LogP contribution in [0.15, 0.2) is 28.2 Å². The predicted molar refractivity (Wildman–Crippen MR) is 89.6 cm³/mol. The van der Waals surface area contributed by atoms with E-state index in [1.54, 1.807) is 17.6 Å². The summed E-state index contributed by atoms with van der Waals surface area (Å²) in [5.41, 5.74) is 0.657. The Morgan fingerprint density at radius 1 is 1.38 bits per heavy atom. The summed E-state index contributed by atoms with van der Waals surface area (Å²) in [4.78, 5) is 16.9. The van der Waals surface area contributed by atoms with Crippen molar-refractivity contribution in [1.29, 1.82) is 0 Å². The van der Waals surface area contributed by atoms with E-state index in [0.29, 0.717) is 18.1 Å². The molecule has 0 saturated heterocycles. The molecule has 2 N–H and O–H groups in total. The lowest BCUT2D eigenvalue weighted by molar-refractivity contribution is -0.120. The molecule has 0 radical (unpaired) electrons. The molecule has 0 unspecified atom stereocenters. The zero-order valence-electron chi connectivity index (χ0n) is 11.6. The molecule has 0 aromatic carbocycles. The van der Waals surface area contributed by atoms with Crippen LogP contribution in [0.3, 0.4) is 0 Å². The molecule has 2 aromatic heterocycles. The summed E-state index contributed by atoms with van der Waals surface area (Å²) in [6, 6.07) is 3.88. The van der Waals surface area contributed by atoms with Crippen molar-refractivity contribution in [3.63, 3.8) is 0 Å². The van der Waals surface area contributed by atoms with E-state index in [1.807, 2.05) is 24.4 Å². The highest BCUT2D eigenvalue weighted by Gasteiger charge is 2.10. The van der Waals surface area contributed by atoms with Crippen LogP contribution < -0.4 is 10.6 Å². The van der Waals surface area contributed by atoms with Crippen molar-refractivity contribution in [3.8, 4) is 10.8 Å². The Morgan fingerprint density at radius 2 is 2.19 bits per heavy atom. The second kappa shape index (κ2) is 10.6. The van der Waals surface area contributed by atoms with Gasteiger partial charge in [-0.05, 0) is 18.0 Å². The Labute approximate surface area is 140 Å². The molecule has 2 aromatic rings. The molecular formula is C13H19Cl2N3O2S. The van der Waals surface area contributed by atoms with E-state index in [9.17, 15) is 4.79 Å². The van der Waals surface area contributed by atoms with E-state index in [0.717, 1.165) is 18.0 Å². The van der Waals surface area contributed by atoms with Crippen LogP contribution >= 0.6 is 36.2 Å². The summed E-state index contributed by atoms with van der Waals surface area (Å²) < 4.78 is 5.36. The lowest BCUT2D eigenvalue weighted by Gasteiger charge is -2.03. The van der Waals surface area contributed by atoms with Gasteiger partial charge in [0.15, 0.2) is 0 Å². The average Bonchev–Trinajstić information content (AvgIpc) is 3.04. The van der Waals surface area contributed by atoms with Gasteiger partial charge >= 0.3 is 0 Å². The Morgan fingerprint density at radius 3 is 2.86 bits per heavy atom. The minimum Gasteiger partial charge on any atom is -0.444 e. The van der Waals surface area contributed by atoms with Gasteiger partial charge in [0.25, 0.3) is 0 Å². The van der Waals surface area contributed by atoms with Gasteiger partial charge in [0, 0.05) is 13.1 Å². The third-order valence-electron chi connectivity index (χ3n) is 2.50. The van der Waals surface area contributed by atoms with Gasteiger partial charge < -0.3 is 15.1 Å². The first kappa shape index (κ1) is 19.9. The van der Waals surface area contributed by atoms with Crippen molar-refractivity contribution in [2.45, 2.75) is 13.3 Å². The van der Waals surface area contributed by atoms with Crippen molar-refractivity contribution in [2.75, 3.05) is 19.6 Å². The molecule has 0 aliphatic carbocycles. The van der Waals surface area contributed by atoms with Crippen LogP contribution in [0.4, 0.5) is 0 Å². The molecule has 21 heavy (non-hydrogen) atoms. The highest BCUT2D eigenvalue weighted by molar-refractivity contribution is 7.13. The number of halogens is 2. The van der Waals surface area contributed by atoms with Crippen molar-refractivity contribution in [2.24, 2.45) is 0 Å². The van der Waals surface area contributed by atoms with Crippen molar-refractivity contribution in [1.82, 2.24) is 15.6 Å². The Bertz CT molecular complexity index is 517. The number of thiophene rings is 1. The highest BCUT2D eigenvalue weighted by atomic mass is 35.5. The quantitative estimate of drug-likeness (QED) is 0.752. The van der Waals surface area contributed by atoms with Gasteiger partial charge in [-0.3, -0.25) is 4.79 Å². The first-order valence-corrected chi connectivity index (χ1v) is 7.13. The maximum atomic E-state index is 11.7. The number of amides is 1. The van der Waals surface area contributed by atoms with E-state index in [1.165, 1.54) is 0 Å². The first-order valence-electron chi connectivity index (χ1n) is 6.25. The smallest absolute Gasteiger partial charge is 0.236 e. The van der Waals surface area contributed by atoms with Gasteiger partial charge in [-0.1, -0.05) is 13.0 Å². The van der Waals surface area contributed by atoms with Crippen molar-refractivity contribution >= 4 is 42.1 Å². The molecule has 8 heteroatoms. The van der Waals surface area contributed by atoms with Gasteiger partial charge in [-0.25, -0.2) is 4.98 Å². The molecule has 2 heterocycles. The first-order chi connectivity index (χ1) is 9.29. The number of hydrogen-bond donors (Lipinski definition) is 2. The number of rotatable bonds is 7. The number of carbonyl (C=O) groups excluding carboxylic acids is 1. The van der Waals surface area contributed by atoms with E-state index in [-0.39, 0.29) is 37.1 Å². The largest absolute Gasteiger partial charge is 0.444 e. The number of aromatic nitrogens is 1. The van der Waals surface area contributed by atoms with Crippen LogP contribution in [0, 0.1) is 0 Å². The fraction of sp³-hybridized carbons (Fsp3) is 0.385. The second-order valence-corrected chi connectivity index (χ2v) is 4.95. The summed E-state index contributed by atoms with van der Waals surface area (Å²) >= 11 is 1.56. The van der Waals surface area contributed by atoms with E-state index >= 15 is 0 Å². The molecule has 0 saturated carbocycles. The fourth-order valence-electron chi connectivity index (χ4n) is 1.60. The molecule has 2 rings (SSSR count). The Kier molecular flexibility index (Phi) is 10.1. The van der Waals surface area contributed by atoms with E-state index in [4.69, 9.17) is 4.42 Å². The van der Waals surface area contributed by atoms with Gasteiger partial charge in [-0.15, -0.1) is 36.2 Å². The summed E-state index contributed by atoms with van der Waals surface area (Å²) in [7, 11) is 0. The molecule has 0 bridgehead atoms.